The van der Waals surface area contributed by atoms with Gasteiger partial charge in [0.1, 0.15) is 5.75 Å². The summed E-state index contributed by atoms with van der Waals surface area (Å²) in [6, 6.07) is 24.6. The zero-order valence-electron chi connectivity index (χ0n) is 16.1. The van der Waals surface area contributed by atoms with Crippen LogP contribution in [-0.4, -0.2) is 23.2 Å². The molecule has 0 N–H and O–H groups in total. The first-order valence-electron chi connectivity index (χ1n) is 9.60. The molecule has 3 aromatic rings. The van der Waals surface area contributed by atoms with Crippen molar-refractivity contribution >= 4 is 23.2 Å². The third-order valence-electron chi connectivity index (χ3n) is 4.89. The van der Waals surface area contributed by atoms with Crippen LogP contribution < -0.4 is 4.74 Å². The summed E-state index contributed by atoms with van der Waals surface area (Å²) in [7, 11) is 0. The molecule has 1 amide bonds. The third kappa shape index (κ3) is 4.17. The lowest BCUT2D eigenvalue weighted by Crippen LogP contribution is -2.27. The second kappa shape index (κ2) is 8.50. The van der Waals surface area contributed by atoms with E-state index in [1.807, 2.05) is 61.5 Å². The zero-order chi connectivity index (χ0) is 20.2. The molecule has 0 saturated heterocycles. The summed E-state index contributed by atoms with van der Waals surface area (Å²) in [6.07, 6.45) is 0.650. The van der Waals surface area contributed by atoms with Gasteiger partial charge in [-0.2, -0.15) is 5.10 Å². The number of hydrogen-bond acceptors (Lipinski definition) is 3. The van der Waals surface area contributed by atoms with Gasteiger partial charge in [0.25, 0.3) is 5.91 Å². The molecule has 0 spiro atoms. The van der Waals surface area contributed by atoms with E-state index in [4.69, 9.17) is 21.4 Å². The van der Waals surface area contributed by atoms with Crippen LogP contribution in [0.4, 0.5) is 0 Å². The van der Waals surface area contributed by atoms with Crippen molar-refractivity contribution in [3.63, 3.8) is 0 Å². The van der Waals surface area contributed by atoms with E-state index in [0.717, 1.165) is 22.6 Å². The molecule has 0 radical (unpaired) electrons. The van der Waals surface area contributed by atoms with E-state index in [1.54, 1.807) is 29.3 Å². The minimum absolute atomic E-state index is 0.142. The molecule has 4 nitrogen and oxygen atoms in total. The van der Waals surface area contributed by atoms with Gasteiger partial charge in [-0.1, -0.05) is 41.9 Å². The molecule has 29 heavy (non-hydrogen) atoms. The van der Waals surface area contributed by atoms with E-state index in [9.17, 15) is 4.79 Å². The van der Waals surface area contributed by atoms with Crippen molar-refractivity contribution < 1.29 is 9.53 Å². The number of hydrazone groups is 1. The van der Waals surface area contributed by atoms with Gasteiger partial charge in [-0.3, -0.25) is 4.79 Å². The quantitative estimate of drug-likeness (QED) is 0.544. The maximum atomic E-state index is 13.2. The summed E-state index contributed by atoms with van der Waals surface area (Å²) in [4.78, 5) is 13.2. The van der Waals surface area contributed by atoms with Crippen molar-refractivity contribution in [1.82, 2.24) is 5.01 Å². The van der Waals surface area contributed by atoms with Gasteiger partial charge < -0.3 is 4.74 Å². The van der Waals surface area contributed by atoms with Gasteiger partial charge in [-0.25, -0.2) is 5.01 Å². The van der Waals surface area contributed by atoms with E-state index < -0.39 is 0 Å². The summed E-state index contributed by atoms with van der Waals surface area (Å²) in [6.45, 7) is 2.58. The number of amides is 1. The van der Waals surface area contributed by atoms with E-state index >= 15 is 0 Å². The highest BCUT2D eigenvalue weighted by Crippen LogP contribution is 2.34. The lowest BCUT2D eigenvalue weighted by Gasteiger charge is -2.22. The molecule has 0 saturated carbocycles. The predicted octanol–water partition coefficient (Wildman–Crippen LogP) is 5.73. The Labute approximate surface area is 175 Å². The minimum Gasteiger partial charge on any atom is -0.494 e. The Balaban J connectivity index is 1.67. The minimum atomic E-state index is -0.152. The van der Waals surface area contributed by atoms with Gasteiger partial charge in [0, 0.05) is 17.0 Å². The number of carbonyl (C=O) groups is 1. The van der Waals surface area contributed by atoms with E-state index in [0.29, 0.717) is 23.6 Å². The fourth-order valence-corrected chi connectivity index (χ4v) is 3.57. The lowest BCUT2D eigenvalue weighted by atomic mass is 9.98. The highest BCUT2D eigenvalue weighted by molar-refractivity contribution is 6.30. The average Bonchev–Trinajstić information content (AvgIpc) is 3.21. The zero-order valence-corrected chi connectivity index (χ0v) is 16.8. The van der Waals surface area contributed by atoms with Crippen LogP contribution in [0.1, 0.15) is 40.9 Å². The number of halogens is 1. The van der Waals surface area contributed by atoms with Crippen molar-refractivity contribution in [3.8, 4) is 5.75 Å². The Kier molecular flexibility index (Phi) is 5.63. The Morgan fingerprint density at radius 2 is 1.72 bits per heavy atom. The second-order valence-electron chi connectivity index (χ2n) is 6.79. The van der Waals surface area contributed by atoms with Gasteiger partial charge >= 0.3 is 0 Å². The molecule has 0 bridgehead atoms. The molecule has 0 aliphatic carbocycles. The highest BCUT2D eigenvalue weighted by atomic mass is 35.5. The van der Waals surface area contributed by atoms with Crippen LogP contribution in [0.25, 0.3) is 0 Å². The van der Waals surface area contributed by atoms with Crippen LogP contribution in [0.5, 0.6) is 5.75 Å². The molecule has 0 unspecified atom stereocenters. The van der Waals surface area contributed by atoms with Crippen molar-refractivity contribution in [1.29, 1.82) is 0 Å². The van der Waals surface area contributed by atoms with Crippen LogP contribution >= 0.6 is 11.6 Å². The largest absolute Gasteiger partial charge is 0.494 e. The number of rotatable bonds is 5. The SMILES string of the molecule is CCOc1ccc(C2=NN(C(=O)c3ccc(Cl)cc3)[C@H](c3ccccc3)C2)cc1. The van der Waals surface area contributed by atoms with E-state index in [2.05, 4.69) is 0 Å². The number of hydrogen-bond donors (Lipinski definition) is 0. The van der Waals surface area contributed by atoms with Crippen LogP contribution in [0, 0.1) is 0 Å². The molecule has 3 aromatic carbocycles. The van der Waals surface area contributed by atoms with Gasteiger partial charge in [-0.15, -0.1) is 0 Å². The highest BCUT2D eigenvalue weighted by Gasteiger charge is 2.33. The van der Waals surface area contributed by atoms with Crippen LogP contribution in [0.3, 0.4) is 0 Å². The van der Waals surface area contributed by atoms with Crippen molar-refractivity contribution in [2.45, 2.75) is 19.4 Å². The Bertz CT molecular complexity index is 1020. The topological polar surface area (TPSA) is 41.9 Å². The lowest BCUT2D eigenvalue weighted by molar-refractivity contribution is 0.0711. The molecular weight excluding hydrogens is 384 g/mol. The fourth-order valence-electron chi connectivity index (χ4n) is 3.44. The Morgan fingerprint density at radius 3 is 2.38 bits per heavy atom. The molecule has 0 aromatic heterocycles. The smallest absolute Gasteiger partial charge is 0.274 e. The van der Waals surface area contributed by atoms with Crippen LogP contribution in [0.2, 0.25) is 5.02 Å². The molecular formula is C24H21ClN2O2. The van der Waals surface area contributed by atoms with E-state index in [1.165, 1.54) is 0 Å². The number of ether oxygens (including phenoxy) is 1. The molecule has 1 aliphatic heterocycles. The third-order valence-corrected chi connectivity index (χ3v) is 5.14. The molecule has 1 atom stereocenters. The van der Waals surface area contributed by atoms with Gasteiger partial charge in [0.05, 0.1) is 18.4 Å². The number of carbonyl (C=O) groups excluding carboxylic acids is 1. The molecule has 1 heterocycles. The van der Waals surface area contributed by atoms with Gasteiger partial charge in [0.15, 0.2) is 0 Å². The number of nitrogens with zero attached hydrogens (tertiary/aromatic N) is 2. The normalized spacial score (nSPS) is 15.9. The Morgan fingerprint density at radius 1 is 1.03 bits per heavy atom. The first-order valence-corrected chi connectivity index (χ1v) is 9.98. The predicted molar refractivity (Wildman–Crippen MR) is 116 cm³/mol. The fraction of sp³-hybridized carbons (Fsp3) is 0.167. The van der Waals surface area contributed by atoms with Gasteiger partial charge in [0.2, 0.25) is 0 Å². The number of benzene rings is 3. The monoisotopic (exact) mass is 404 g/mol. The molecule has 5 heteroatoms. The molecule has 4 rings (SSSR count). The van der Waals surface area contributed by atoms with Crippen LogP contribution in [-0.2, 0) is 0 Å². The maximum absolute atomic E-state index is 13.2. The maximum Gasteiger partial charge on any atom is 0.274 e. The summed E-state index contributed by atoms with van der Waals surface area (Å²) in [5, 5.41) is 6.90. The van der Waals surface area contributed by atoms with Gasteiger partial charge in [-0.05, 0) is 66.6 Å². The molecule has 0 fully saturated rings. The summed E-state index contributed by atoms with van der Waals surface area (Å²) in [5.74, 6) is 0.681. The molecule has 146 valence electrons. The first-order chi connectivity index (χ1) is 14.2. The van der Waals surface area contributed by atoms with Crippen molar-refractivity contribution in [2.75, 3.05) is 6.61 Å². The first kappa shape index (κ1) is 19.2. The van der Waals surface area contributed by atoms with Crippen LogP contribution in [0.15, 0.2) is 84.0 Å². The summed E-state index contributed by atoms with van der Waals surface area (Å²) in [5.41, 5.74) is 3.48. The van der Waals surface area contributed by atoms with Crippen molar-refractivity contribution in [2.24, 2.45) is 5.10 Å². The standard InChI is InChI=1S/C24H21ClN2O2/c1-2-29-21-14-10-17(11-15-21)22-16-23(18-6-4-3-5-7-18)27(26-22)24(28)19-8-12-20(25)13-9-19/h3-15,23H,2,16H2,1H3/t23-/m0/s1. The van der Waals surface area contributed by atoms with Crippen molar-refractivity contribution in [3.05, 3.63) is 101 Å². The average molecular weight is 405 g/mol. The Hall–Kier alpha value is -3.11. The van der Waals surface area contributed by atoms with E-state index in [-0.39, 0.29) is 11.9 Å². The second-order valence-corrected chi connectivity index (χ2v) is 7.23. The summed E-state index contributed by atoms with van der Waals surface area (Å²) < 4.78 is 5.53. The molecule has 1 aliphatic rings. The summed E-state index contributed by atoms with van der Waals surface area (Å²) >= 11 is 5.98.